The summed E-state index contributed by atoms with van der Waals surface area (Å²) in [6.45, 7) is 8.68. The zero-order chi connectivity index (χ0) is 32.0. The molecule has 0 aliphatic carbocycles. The normalized spacial score (nSPS) is 22.5. The van der Waals surface area contributed by atoms with Gasteiger partial charge in [-0.05, 0) is 41.7 Å². The number of benzene rings is 3. The fraction of sp³-hybridized carbons (Fsp3) is 0.389. The van der Waals surface area contributed by atoms with Gasteiger partial charge >= 0.3 is 11.8 Å². The Morgan fingerprint density at radius 3 is 2.43 bits per heavy atom. The molecule has 2 aliphatic rings. The molecule has 0 bridgehead atoms. The predicted octanol–water partition coefficient (Wildman–Crippen LogP) is 5.36. The molecule has 0 saturated carbocycles. The number of hydrogen-bond acceptors (Lipinski definition) is 7. The van der Waals surface area contributed by atoms with Gasteiger partial charge in [0.15, 0.2) is 6.29 Å². The number of imidazole rings is 1. The number of piperidine rings is 1. The van der Waals surface area contributed by atoms with Crippen molar-refractivity contribution in [1.82, 2.24) is 19.8 Å². The van der Waals surface area contributed by atoms with Crippen molar-refractivity contribution in [2.24, 2.45) is 5.92 Å². The van der Waals surface area contributed by atoms with Crippen LogP contribution in [0.5, 0.6) is 0 Å². The SMILES string of the molecule is C=CCOC(=O)NCc1ccc(C2OC(CN3CCC(n4c(=O)[nH]c5ccccc54)CC3)C(C)C(c3ccc(CO)cc3)O2)cc1. The molecule has 4 unspecified atom stereocenters. The second-order valence-corrected chi connectivity index (χ2v) is 12.2. The molecule has 1 aromatic heterocycles. The molecule has 0 radical (unpaired) electrons. The van der Waals surface area contributed by atoms with Crippen molar-refractivity contribution in [1.29, 1.82) is 0 Å². The Morgan fingerprint density at radius 2 is 1.72 bits per heavy atom. The summed E-state index contributed by atoms with van der Waals surface area (Å²) in [5.74, 6) is 0.0650. The number of hydrogen-bond donors (Lipinski definition) is 3. The van der Waals surface area contributed by atoms with Crippen molar-refractivity contribution in [3.63, 3.8) is 0 Å². The Bertz CT molecular complexity index is 1670. The van der Waals surface area contributed by atoms with E-state index in [0.29, 0.717) is 6.54 Å². The lowest BCUT2D eigenvalue weighted by Gasteiger charge is -2.44. The quantitative estimate of drug-likeness (QED) is 0.203. The molecule has 3 aromatic carbocycles. The lowest BCUT2D eigenvalue weighted by molar-refractivity contribution is -0.276. The minimum absolute atomic E-state index is 0.0104. The van der Waals surface area contributed by atoms with Crippen LogP contribution in [-0.4, -0.2) is 58.0 Å². The van der Waals surface area contributed by atoms with Crippen molar-refractivity contribution < 1.29 is 24.1 Å². The largest absolute Gasteiger partial charge is 0.445 e. The first kappa shape index (κ1) is 31.7. The van der Waals surface area contributed by atoms with Crippen LogP contribution < -0.4 is 11.0 Å². The molecule has 2 aliphatic heterocycles. The third-order valence-electron chi connectivity index (χ3n) is 9.13. The predicted molar refractivity (Wildman–Crippen MR) is 175 cm³/mol. The number of ether oxygens (including phenoxy) is 3. The van der Waals surface area contributed by atoms with Crippen LogP contribution in [0.3, 0.4) is 0 Å². The van der Waals surface area contributed by atoms with Gasteiger partial charge in [-0.3, -0.25) is 4.57 Å². The summed E-state index contributed by atoms with van der Waals surface area (Å²) in [6, 6.07) is 23.8. The summed E-state index contributed by atoms with van der Waals surface area (Å²) >= 11 is 0. The lowest BCUT2D eigenvalue weighted by Crippen LogP contribution is -2.47. The lowest BCUT2D eigenvalue weighted by atomic mass is 9.89. The number of rotatable bonds is 10. The molecule has 2 saturated heterocycles. The maximum absolute atomic E-state index is 12.8. The summed E-state index contributed by atoms with van der Waals surface area (Å²) in [4.78, 5) is 30.1. The van der Waals surface area contributed by atoms with Gasteiger partial charge < -0.3 is 34.5 Å². The zero-order valence-corrected chi connectivity index (χ0v) is 26.1. The fourth-order valence-electron chi connectivity index (χ4n) is 6.53. The molecule has 3 N–H and O–H groups in total. The Labute approximate surface area is 268 Å². The highest BCUT2D eigenvalue weighted by molar-refractivity contribution is 5.75. The van der Waals surface area contributed by atoms with E-state index in [-0.39, 0.29) is 43.1 Å². The highest BCUT2D eigenvalue weighted by Crippen LogP contribution is 2.42. The number of H-pyrrole nitrogens is 1. The molecular weight excluding hydrogens is 584 g/mol. The van der Waals surface area contributed by atoms with Gasteiger partial charge in [-0.15, -0.1) is 0 Å². The Balaban J connectivity index is 1.15. The van der Waals surface area contributed by atoms with Crippen molar-refractivity contribution in [2.45, 2.75) is 57.5 Å². The smallest absolute Gasteiger partial charge is 0.407 e. The summed E-state index contributed by atoms with van der Waals surface area (Å²) in [6.07, 6.45) is 1.90. The van der Waals surface area contributed by atoms with E-state index < -0.39 is 12.4 Å². The number of nitrogens with zero attached hydrogens (tertiary/aromatic N) is 2. The second kappa shape index (κ2) is 14.5. The Hall–Kier alpha value is -4.22. The molecule has 10 heteroatoms. The number of aliphatic hydroxyl groups excluding tert-OH is 1. The van der Waals surface area contributed by atoms with Gasteiger partial charge in [0.05, 0.1) is 29.8 Å². The zero-order valence-electron chi connectivity index (χ0n) is 26.1. The number of likely N-dealkylation sites (tertiary alicyclic amines) is 1. The minimum Gasteiger partial charge on any atom is -0.445 e. The monoisotopic (exact) mass is 626 g/mol. The van der Waals surface area contributed by atoms with Gasteiger partial charge in [-0.25, -0.2) is 9.59 Å². The summed E-state index contributed by atoms with van der Waals surface area (Å²) in [7, 11) is 0. The number of aromatic amines is 1. The van der Waals surface area contributed by atoms with E-state index in [9.17, 15) is 14.7 Å². The molecule has 4 aromatic rings. The molecule has 46 heavy (non-hydrogen) atoms. The number of alkyl carbamates (subject to hydrolysis) is 1. The van der Waals surface area contributed by atoms with Gasteiger partial charge in [0.2, 0.25) is 0 Å². The number of aromatic nitrogens is 2. The molecule has 10 nitrogen and oxygen atoms in total. The molecular formula is C36H42N4O6. The van der Waals surface area contributed by atoms with Crippen LogP contribution in [0.15, 0.2) is 90.2 Å². The number of para-hydroxylation sites is 2. The maximum Gasteiger partial charge on any atom is 0.407 e. The van der Waals surface area contributed by atoms with Crippen LogP contribution in [0, 0.1) is 5.92 Å². The van der Waals surface area contributed by atoms with Crippen LogP contribution in [0.1, 0.15) is 60.5 Å². The van der Waals surface area contributed by atoms with Gasteiger partial charge in [0.1, 0.15) is 6.61 Å². The van der Waals surface area contributed by atoms with Crippen LogP contribution in [0.25, 0.3) is 11.0 Å². The van der Waals surface area contributed by atoms with Gasteiger partial charge in [0, 0.05) is 43.7 Å². The first-order chi connectivity index (χ1) is 22.4. The van der Waals surface area contributed by atoms with E-state index in [1.54, 1.807) is 0 Å². The average Bonchev–Trinajstić information content (AvgIpc) is 3.43. The second-order valence-electron chi connectivity index (χ2n) is 12.2. The van der Waals surface area contributed by atoms with Crippen molar-refractivity contribution in [3.8, 4) is 0 Å². The van der Waals surface area contributed by atoms with E-state index in [0.717, 1.165) is 65.8 Å². The van der Waals surface area contributed by atoms with E-state index in [4.69, 9.17) is 14.2 Å². The van der Waals surface area contributed by atoms with Crippen LogP contribution in [0.4, 0.5) is 4.79 Å². The van der Waals surface area contributed by atoms with Crippen LogP contribution >= 0.6 is 0 Å². The van der Waals surface area contributed by atoms with Crippen LogP contribution in [-0.2, 0) is 27.4 Å². The molecule has 1 amide bonds. The summed E-state index contributed by atoms with van der Waals surface area (Å²) in [5.41, 5.74) is 5.50. The van der Waals surface area contributed by atoms with E-state index in [2.05, 4.69) is 28.7 Å². The van der Waals surface area contributed by atoms with E-state index in [1.807, 2.05) is 77.4 Å². The number of carbonyl (C=O) groups is 1. The van der Waals surface area contributed by atoms with Crippen molar-refractivity contribution in [2.75, 3.05) is 26.2 Å². The summed E-state index contributed by atoms with van der Waals surface area (Å²) in [5, 5.41) is 12.3. The molecule has 0 spiro atoms. The highest BCUT2D eigenvalue weighted by atomic mass is 16.7. The molecule has 2 fully saturated rings. The number of nitrogens with one attached hydrogen (secondary N) is 2. The van der Waals surface area contributed by atoms with Crippen LogP contribution in [0.2, 0.25) is 0 Å². The molecule has 6 rings (SSSR count). The topological polar surface area (TPSA) is 118 Å². The minimum atomic E-state index is -0.578. The molecule has 3 heterocycles. The Morgan fingerprint density at radius 1 is 1.02 bits per heavy atom. The number of aliphatic hydroxyl groups is 1. The first-order valence-corrected chi connectivity index (χ1v) is 16.0. The third kappa shape index (κ3) is 7.10. The average molecular weight is 627 g/mol. The van der Waals surface area contributed by atoms with E-state index >= 15 is 0 Å². The Kier molecular flexibility index (Phi) is 9.99. The molecule has 4 atom stereocenters. The standard InChI is InChI=1S/C36H42N4O6/c1-3-20-44-36(43)37-21-25-8-14-28(15-9-25)34-45-32(24(2)33(46-34)27-12-10-26(23-41)11-13-27)22-39-18-16-29(17-19-39)40-31-7-5-4-6-30(31)38-35(40)42/h3-15,24,29,32-34,41H,1,16-23H2,2H3,(H,37,43)(H,38,42). The van der Waals surface area contributed by atoms with Crippen molar-refractivity contribution in [3.05, 3.63) is 118 Å². The first-order valence-electron chi connectivity index (χ1n) is 16.0. The third-order valence-corrected chi connectivity index (χ3v) is 9.13. The molecule has 242 valence electrons. The van der Waals surface area contributed by atoms with Gasteiger partial charge in [-0.1, -0.05) is 80.2 Å². The number of carbonyl (C=O) groups excluding carboxylic acids is 1. The number of amides is 1. The maximum atomic E-state index is 12.8. The summed E-state index contributed by atoms with van der Waals surface area (Å²) < 4.78 is 20.2. The van der Waals surface area contributed by atoms with Crippen molar-refractivity contribution >= 4 is 17.1 Å². The van der Waals surface area contributed by atoms with E-state index in [1.165, 1.54) is 6.08 Å². The fourth-order valence-corrected chi connectivity index (χ4v) is 6.53. The van der Waals surface area contributed by atoms with Gasteiger partial charge in [-0.2, -0.15) is 0 Å². The highest BCUT2D eigenvalue weighted by Gasteiger charge is 2.39. The van der Waals surface area contributed by atoms with Gasteiger partial charge in [0.25, 0.3) is 0 Å². The number of fused-ring (bicyclic) bond motifs is 1.